The third kappa shape index (κ3) is 6.94. The molecule has 1 fully saturated rings. The molecule has 0 aliphatic carbocycles. The number of hydrogen-bond acceptors (Lipinski definition) is 4. The lowest BCUT2D eigenvalue weighted by atomic mass is 10.1. The van der Waals surface area contributed by atoms with Crippen molar-refractivity contribution in [1.29, 1.82) is 0 Å². The molecule has 1 saturated heterocycles. The van der Waals surface area contributed by atoms with E-state index in [1.54, 1.807) is 7.05 Å². The molecule has 0 aromatic heterocycles. The number of rotatable bonds is 10. The van der Waals surface area contributed by atoms with E-state index in [4.69, 9.17) is 0 Å². The predicted octanol–water partition coefficient (Wildman–Crippen LogP) is 0.895. The van der Waals surface area contributed by atoms with Gasteiger partial charge in [-0.05, 0) is 49.8 Å². The van der Waals surface area contributed by atoms with Gasteiger partial charge in [-0.3, -0.25) is 0 Å². The zero-order chi connectivity index (χ0) is 14.1. The molecule has 0 amide bonds. The smallest absolute Gasteiger partial charge is 0.279 e. The first-order chi connectivity index (χ1) is 9.06. The van der Waals surface area contributed by atoms with E-state index >= 15 is 0 Å². The molecule has 5 nitrogen and oxygen atoms in total. The Morgan fingerprint density at radius 1 is 1.37 bits per heavy atom. The summed E-state index contributed by atoms with van der Waals surface area (Å²) in [5.41, 5.74) is 0. The van der Waals surface area contributed by atoms with Gasteiger partial charge in [0.2, 0.25) is 0 Å². The van der Waals surface area contributed by atoms with Crippen LogP contribution in [0.1, 0.15) is 26.2 Å². The topological polar surface area (TPSA) is 61.4 Å². The van der Waals surface area contributed by atoms with E-state index < -0.39 is 10.2 Å². The van der Waals surface area contributed by atoms with Gasteiger partial charge in [0.15, 0.2) is 0 Å². The van der Waals surface area contributed by atoms with Crippen LogP contribution in [-0.2, 0) is 10.2 Å². The number of nitrogens with zero attached hydrogens (tertiary/aromatic N) is 1. The van der Waals surface area contributed by atoms with E-state index in [9.17, 15) is 8.42 Å². The largest absolute Gasteiger partial charge is 0.317 e. The van der Waals surface area contributed by atoms with Crippen molar-refractivity contribution >= 4 is 22.0 Å². The van der Waals surface area contributed by atoms with Crippen molar-refractivity contribution in [2.75, 3.05) is 44.7 Å². The van der Waals surface area contributed by atoms with Crippen LogP contribution in [0.3, 0.4) is 0 Å². The van der Waals surface area contributed by atoms with E-state index in [0.29, 0.717) is 19.0 Å². The molecule has 19 heavy (non-hydrogen) atoms. The highest BCUT2D eigenvalue weighted by molar-refractivity contribution is 7.99. The minimum Gasteiger partial charge on any atom is -0.317 e. The summed E-state index contributed by atoms with van der Waals surface area (Å²) >= 11 is 1.91. The Kier molecular flexibility index (Phi) is 8.32. The van der Waals surface area contributed by atoms with Crippen LogP contribution < -0.4 is 10.0 Å². The first-order valence-corrected chi connectivity index (χ1v) is 9.65. The molecule has 2 N–H and O–H groups in total. The summed E-state index contributed by atoms with van der Waals surface area (Å²) < 4.78 is 28.1. The standard InChI is InChI=1S/C12H27N3O2S2/c1-3-6-13-7-4-8-15(2)19(16,17)14-10-12-5-9-18-11-12/h12-14H,3-11H2,1-2H3. The van der Waals surface area contributed by atoms with E-state index in [-0.39, 0.29) is 0 Å². The summed E-state index contributed by atoms with van der Waals surface area (Å²) in [4.78, 5) is 0. The van der Waals surface area contributed by atoms with Gasteiger partial charge >= 0.3 is 0 Å². The van der Waals surface area contributed by atoms with Gasteiger partial charge in [-0.15, -0.1) is 0 Å². The number of hydrogen-bond donors (Lipinski definition) is 2. The molecule has 1 atom stereocenters. The molecule has 114 valence electrons. The molecular formula is C12H27N3O2S2. The highest BCUT2D eigenvalue weighted by Gasteiger charge is 2.21. The molecule has 1 heterocycles. The van der Waals surface area contributed by atoms with E-state index in [2.05, 4.69) is 17.0 Å². The van der Waals surface area contributed by atoms with Crippen LogP contribution in [0.4, 0.5) is 0 Å². The summed E-state index contributed by atoms with van der Waals surface area (Å²) in [7, 11) is -1.65. The van der Waals surface area contributed by atoms with Crippen LogP contribution in [0, 0.1) is 5.92 Å². The van der Waals surface area contributed by atoms with Crippen molar-refractivity contribution in [3.05, 3.63) is 0 Å². The fraction of sp³-hybridized carbons (Fsp3) is 1.00. The Labute approximate surface area is 122 Å². The molecule has 0 saturated carbocycles. The van der Waals surface area contributed by atoms with Gasteiger partial charge < -0.3 is 5.32 Å². The number of nitrogens with one attached hydrogen (secondary N) is 2. The van der Waals surface area contributed by atoms with Crippen LogP contribution in [0.25, 0.3) is 0 Å². The van der Waals surface area contributed by atoms with Gasteiger partial charge in [-0.2, -0.15) is 24.5 Å². The van der Waals surface area contributed by atoms with Gasteiger partial charge in [0.05, 0.1) is 0 Å². The molecule has 0 spiro atoms. The quantitative estimate of drug-likeness (QED) is 0.589. The SMILES string of the molecule is CCCNCCCN(C)S(=O)(=O)NCC1CCSC1. The van der Waals surface area contributed by atoms with Crippen LogP contribution in [0.15, 0.2) is 0 Å². The van der Waals surface area contributed by atoms with Crippen LogP contribution in [-0.4, -0.2) is 57.5 Å². The highest BCUT2D eigenvalue weighted by Crippen LogP contribution is 2.22. The maximum Gasteiger partial charge on any atom is 0.279 e. The zero-order valence-electron chi connectivity index (χ0n) is 12.0. The van der Waals surface area contributed by atoms with Crippen molar-refractivity contribution in [3.8, 4) is 0 Å². The third-order valence-corrected chi connectivity index (χ3v) is 6.01. The van der Waals surface area contributed by atoms with Crippen LogP contribution in [0.5, 0.6) is 0 Å². The normalized spacial score (nSPS) is 20.3. The second kappa shape index (κ2) is 9.18. The maximum atomic E-state index is 12.0. The van der Waals surface area contributed by atoms with Crippen LogP contribution >= 0.6 is 11.8 Å². The Morgan fingerprint density at radius 2 is 2.16 bits per heavy atom. The molecule has 0 aromatic carbocycles. The lowest BCUT2D eigenvalue weighted by molar-refractivity contribution is 0.438. The molecule has 1 rings (SSSR count). The lowest BCUT2D eigenvalue weighted by Crippen LogP contribution is -2.41. The average Bonchev–Trinajstić information content (AvgIpc) is 2.89. The lowest BCUT2D eigenvalue weighted by Gasteiger charge is -2.19. The minimum absolute atomic E-state index is 0.499. The van der Waals surface area contributed by atoms with Crippen LogP contribution in [0.2, 0.25) is 0 Å². The zero-order valence-corrected chi connectivity index (χ0v) is 13.7. The summed E-state index contributed by atoms with van der Waals surface area (Å²) in [6, 6.07) is 0. The fourth-order valence-corrected chi connectivity index (χ4v) is 4.25. The van der Waals surface area contributed by atoms with Crippen molar-refractivity contribution in [3.63, 3.8) is 0 Å². The average molecular weight is 310 g/mol. The molecule has 1 aliphatic rings. The Balaban J connectivity index is 2.18. The summed E-state index contributed by atoms with van der Waals surface area (Å²) in [6.07, 6.45) is 3.07. The molecule has 0 bridgehead atoms. The Morgan fingerprint density at radius 3 is 2.79 bits per heavy atom. The molecule has 0 aromatic rings. The summed E-state index contributed by atoms with van der Waals surface area (Å²) in [5, 5.41) is 3.27. The molecule has 0 radical (unpaired) electrons. The Bertz CT molecular complexity index is 330. The van der Waals surface area contributed by atoms with Gasteiger partial charge in [0.25, 0.3) is 10.2 Å². The first kappa shape index (κ1) is 17.2. The molecular weight excluding hydrogens is 282 g/mol. The fourth-order valence-electron chi connectivity index (χ4n) is 1.93. The molecule has 1 unspecified atom stereocenters. The van der Waals surface area contributed by atoms with Gasteiger partial charge in [-0.25, -0.2) is 4.72 Å². The monoisotopic (exact) mass is 309 g/mol. The maximum absolute atomic E-state index is 12.0. The van der Waals surface area contributed by atoms with Crippen molar-refractivity contribution in [2.45, 2.75) is 26.2 Å². The van der Waals surface area contributed by atoms with Gasteiger partial charge in [-0.1, -0.05) is 6.92 Å². The molecule has 1 aliphatic heterocycles. The second-order valence-corrected chi connectivity index (χ2v) is 8.02. The molecule has 7 heteroatoms. The Hall–Kier alpha value is 0.180. The minimum atomic E-state index is -3.29. The number of thioether (sulfide) groups is 1. The van der Waals surface area contributed by atoms with Crippen molar-refractivity contribution in [1.82, 2.24) is 14.3 Å². The third-order valence-electron chi connectivity index (χ3n) is 3.24. The van der Waals surface area contributed by atoms with E-state index in [0.717, 1.165) is 43.9 Å². The second-order valence-electron chi connectivity index (χ2n) is 5.01. The van der Waals surface area contributed by atoms with Gasteiger partial charge in [0, 0.05) is 20.1 Å². The van der Waals surface area contributed by atoms with E-state index in [1.165, 1.54) is 4.31 Å². The van der Waals surface area contributed by atoms with Crippen molar-refractivity contribution < 1.29 is 8.42 Å². The van der Waals surface area contributed by atoms with Gasteiger partial charge in [0.1, 0.15) is 0 Å². The van der Waals surface area contributed by atoms with Crippen molar-refractivity contribution in [2.24, 2.45) is 5.92 Å². The van der Waals surface area contributed by atoms with E-state index in [1.807, 2.05) is 11.8 Å². The first-order valence-electron chi connectivity index (χ1n) is 7.05. The summed E-state index contributed by atoms with van der Waals surface area (Å²) in [5.74, 6) is 2.73. The summed E-state index contributed by atoms with van der Waals surface area (Å²) in [6.45, 7) is 5.12. The predicted molar refractivity (Wildman–Crippen MR) is 82.8 cm³/mol. The highest BCUT2D eigenvalue weighted by atomic mass is 32.2.